The molecule has 148 valence electrons. The zero-order valence-electron chi connectivity index (χ0n) is 16.2. The fraction of sp³-hybridized carbons (Fsp3) is 0.600. The van der Waals surface area contributed by atoms with Gasteiger partial charge in [-0.05, 0) is 49.8 Å². The maximum absolute atomic E-state index is 13.1. The summed E-state index contributed by atoms with van der Waals surface area (Å²) in [7, 11) is -3.08. The van der Waals surface area contributed by atoms with Crippen molar-refractivity contribution in [2.75, 3.05) is 23.4 Å². The van der Waals surface area contributed by atoms with E-state index in [1.807, 2.05) is 31.2 Å². The molecule has 0 bridgehead atoms. The second-order valence-electron chi connectivity index (χ2n) is 7.96. The van der Waals surface area contributed by atoms with Crippen molar-refractivity contribution >= 4 is 27.3 Å². The average molecular weight is 393 g/mol. The summed E-state index contributed by atoms with van der Waals surface area (Å²) in [6, 6.07) is 7.35. The van der Waals surface area contributed by atoms with Gasteiger partial charge >= 0.3 is 0 Å². The molecule has 6 nitrogen and oxygen atoms in total. The number of amides is 2. The minimum Gasteiger partial charge on any atom is -0.338 e. The van der Waals surface area contributed by atoms with Crippen molar-refractivity contribution in [3.05, 3.63) is 29.8 Å². The standard InChI is InChI=1S/C20H28N2O4S/c1-4-22(17-9-12-27(25,26)13-17)19(24)20(10-11-20)18(23)21-16-7-5-15(6-8-16)14(2)3/h5-8,14,17H,4,9-13H2,1-3H3,(H,21,23). The van der Waals surface area contributed by atoms with E-state index < -0.39 is 15.3 Å². The Morgan fingerprint density at radius 2 is 1.85 bits per heavy atom. The summed E-state index contributed by atoms with van der Waals surface area (Å²) in [5.41, 5.74) is 0.818. The van der Waals surface area contributed by atoms with Gasteiger partial charge in [-0.15, -0.1) is 0 Å². The normalized spacial score (nSPS) is 22.4. The van der Waals surface area contributed by atoms with E-state index in [4.69, 9.17) is 0 Å². The highest BCUT2D eigenvalue weighted by Gasteiger charge is 2.58. The molecule has 3 rings (SSSR count). The van der Waals surface area contributed by atoms with Gasteiger partial charge in [0.1, 0.15) is 5.41 Å². The summed E-state index contributed by atoms with van der Waals surface area (Å²) in [6.45, 7) is 6.46. The van der Waals surface area contributed by atoms with Gasteiger partial charge < -0.3 is 10.2 Å². The van der Waals surface area contributed by atoms with E-state index in [1.54, 1.807) is 4.90 Å². The zero-order valence-corrected chi connectivity index (χ0v) is 17.0. The van der Waals surface area contributed by atoms with Crippen LogP contribution < -0.4 is 5.32 Å². The lowest BCUT2D eigenvalue weighted by Gasteiger charge is -2.30. The minimum absolute atomic E-state index is 0.000936. The average Bonchev–Trinajstić information content (AvgIpc) is 3.35. The van der Waals surface area contributed by atoms with E-state index in [1.165, 1.54) is 5.56 Å². The number of hydrogen-bond donors (Lipinski definition) is 1. The van der Waals surface area contributed by atoms with Crippen LogP contribution in [0.5, 0.6) is 0 Å². The monoisotopic (exact) mass is 392 g/mol. The quantitative estimate of drug-likeness (QED) is 0.754. The van der Waals surface area contributed by atoms with Crippen LogP contribution in [0.2, 0.25) is 0 Å². The molecule has 1 unspecified atom stereocenters. The molecular weight excluding hydrogens is 364 g/mol. The van der Waals surface area contributed by atoms with Crippen LogP contribution in [0.3, 0.4) is 0 Å². The number of sulfone groups is 1. The van der Waals surface area contributed by atoms with Gasteiger partial charge in [0.25, 0.3) is 0 Å². The van der Waals surface area contributed by atoms with E-state index in [0.29, 0.717) is 37.4 Å². The van der Waals surface area contributed by atoms with E-state index in [2.05, 4.69) is 19.2 Å². The van der Waals surface area contributed by atoms with E-state index in [9.17, 15) is 18.0 Å². The van der Waals surface area contributed by atoms with Gasteiger partial charge in [-0.2, -0.15) is 0 Å². The van der Waals surface area contributed by atoms with Gasteiger partial charge in [-0.3, -0.25) is 9.59 Å². The highest BCUT2D eigenvalue weighted by atomic mass is 32.2. The van der Waals surface area contributed by atoms with Crippen LogP contribution in [0.1, 0.15) is 51.5 Å². The Labute approximate surface area is 161 Å². The summed E-state index contributed by atoms with van der Waals surface area (Å²) in [5.74, 6) is 0.00321. The Balaban J connectivity index is 1.71. The third-order valence-corrected chi connectivity index (χ3v) is 7.43. The van der Waals surface area contributed by atoms with E-state index in [-0.39, 0.29) is 29.4 Å². The summed E-state index contributed by atoms with van der Waals surface area (Å²) in [4.78, 5) is 27.5. The van der Waals surface area contributed by atoms with Crippen molar-refractivity contribution in [1.82, 2.24) is 4.90 Å². The van der Waals surface area contributed by atoms with Crippen molar-refractivity contribution in [2.24, 2.45) is 5.41 Å². The van der Waals surface area contributed by atoms with Crippen LogP contribution >= 0.6 is 0 Å². The number of carbonyl (C=O) groups is 2. The first kappa shape index (κ1) is 19.9. The van der Waals surface area contributed by atoms with E-state index in [0.717, 1.165) is 0 Å². The predicted molar refractivity (Wildman–Crippen MR) is 105 cm³/mol. The number of anilines is 1. The van der Waals surface area contributed by atoms with Crippen LogP contribution in [0.4, 0.5) is 5.69 Å². The van der Waals surface area contributed by atoms with Crippen molar-refractivity contribution in [1.29, 1.82) is 0 Å². The van der Waals surface area contributed by atoms with Gasteiger partial charge in [-0.1, -0.05) is 26.0 Å². The Kier molecular flexibility index (Phi) is 5.34. The summed E-state index contributed by atoms with van der Waals surface area (Å²) in [5, 5.41) is 2.87. The van der Waals surface area contributed by atoms with Crippen molar-refractivity contribution in [3.63, 3.8) is 0 Å². The van der Waals surface area contributed by atoms with Crippen LogP contribution in [0, 0.1) is 5.41 Å². The molecule has 2 amide bonds. The molecular formula is C20H28N2O4S. The molecule has 0 aromatic heterocycles. The molecule has 1 aliphatic carbocycles. The summed E-state index contributed by atoms with van der Waals surface area (Å²) < 4.78 is 23.6. The summed E-state index contributed by atoms with van der Waals surface area (Å²) >= 11 is 0. The molecule has 1 atom stereocenters. The molecule has 27 heavy (non-hydrogen) atoms. The fourth-order valence-corrected chi connectivity index (χ4v) is 5.46. The molecule has 1 N–H and O–H groups in total. The predicted octanol–water partition coefficient (Wildman–Crippen LogP) is 2.56. The highest BCUT2D eigenvalue weighted by molar-refractivity contribution is 7.91. The lowest BCUT2D eigenvalue weighted by atomic mass is 10.0. The third-order valence-electron chi connectivity index (χ3n) is 5.68. The molecule has 0 spiro atoms. The Morgan fingerprint density at radius 3 is 2.30 bits per heavy atom. The highest BCUT2D eigenvalue weighted by Crippen LogP contribution is 2.48. The van der Waals surface area contributed by atoms with Crippen LogP contribution in [0.25, 0.3) is 0 Å². The lowest BCUT2D eigenvalue weighted by Crippen LogP contribution is -2.48. The Hall–Kier alpha value is -1.89. The molecule has 2 aliphatic rings. The molecule has 1 aliphatic heterocycles. The lowest BCUT2D eigenvalue weighted by molar-refractivity contribution is -0.143. The first-order valence-corrected chi connectivity index (χ1v) is 11.4. The number of hydrogen-bond acceptors (Lipinski definition) is 4. The number of nitrogens with zero attached hydrogens (tertiary/aromatic N) is 1. The van der Waals surface area contributed by atoms with E-state index >= 15 is 0 Å². The zero-order chi connectivity index (χ0) is 19.8. The second kappa shape index (κ2) is 7.26. The first-order chi connectivity index (χ1) is 12.7. The van der Waals surface area contributed by atoms with Crippen molar-refractivity contribution < 1.29 is 18.0 Å². The van der Waals surface area contributed by atoms with Gasteiger partial charge in [0.2, 0.25) is 11.8 Å². The Morgan fingerprint density at radius 1 is 1.22 bits per heavy atom. The van der Waals surface area contributed by atoms with Gasteiger partial charge in [0.05, 0.1) is 11.5 Å². The van der Waals surface area contributed by atoms with Gasteiger partial charge in [0.15, 0.2) is 9.84 Å². The first-order valence-electron chi connectivity index (χ1n) is 9.61. The Bertz CT molecular complexity index is 826. The molecule has 1 aromatic rings. The number of nitrogens with one attached hydrogen (secondary N) is 1. The van der Waals surface area contributed by atoms with Crippen LogP contribution in [-0.4, -0.2) is 49.2 Å². The molecule has 2 fully saturated rings. The molecule has 1 saturated carbocycles. The topological polar surface area (TPSA) is 83.6 Å². The number of benzene rings is 1. The molecule has 0 radical (unpaired) electrons. The van der Waals surface area contributed by atoms with Gasteiger partial charge in [0, 0.05) is 18.3 Å². The number of rotatable bonds is 6. The number of carbonyl (C=O) groups excluding carboxylic acids is 2. The van der Waals surface area contributed by atoms with Crippen LogP contribution in [0.15, 0.2) is 24.3 Å². The molecule has 7 heteroatoms. The summed E-state index contributed by atoms with van der Waals surface area (Å²) in [6.07, 6.45) is 1.48. The third kappa shape index (κ3) is 4.03. The molecule has 1 saturated heterocycles. The minimum atomic E-state index is -3.08. The van der Waals surface area contributed by atoms with Crippen LogP contribution in [-0.2, 0) is 19.4 Å². The van der Waals surface area contributed by atoms with Crippen molar-refractivity contribution in [2.45, 2.75) is 52.0 Å². The largest absolute Gasteiger partial charge is 0.338 e. The maximum Gasteiger partial charge on any atom is 0.240 e. The maximum atomic E-state index is 13.1. The van der Waals surface area contributed by atoms with Gasteiger partial charge in [-0.25, -0.2) is 8.42 Å². The smallest absolute Gasteiger partial charge is 0.240 e. The molecule has 1 heterocycles. The van der Waals surface area contributed by atoms with Crippen molar-refractivity contribution in [3.8, 4) is 0 Å². The SMILES string of the molecule is CCN(C(=O)C1(C(=O)Nc2ccc(C(C)C)cc2)CC1)C1CCS(=O)(=O)C1. The molecule has 1 aromatic carbocycles. The fourth-order valence-electron chi connectivity index (χ4n) is 3.73. The second-order valence-corrected chi connectivity index (χ2v) is 10.2.